The Labute approximate surface area is 198 Å². The van der Waals surface area contributed by atoms with E-state index in [1.54, 1.807) is 30.3 Å². The van der Waals surface area contributed by atoms with Gasteiger partial charge in [0.05, 0.1) is 6.21 Å². The Kier molecular flexibility index (Phi) is 8.51. The van der Waals surface area contributed by atoms with Gasteiger partial charge in [0.15, 0.2) is 6.61 Å². The third-order valence-corrected chi connectivity index (χ3v) is 4.69. The molecule has 0 aliphatic carbocycles. The molecule has 3 aromatic rings. The van der Waals surface area contributed by atoms with Gasteiger partial charge >= 0.3 is 11.8 Å². The molecule has 3 N–H and O–H groups in total. The Hall–Kier alpha value is -4.46. The van der Waals surface area contributed by atoms with Crippen LogP contribution in [0.3, 0.4) is 0 Å². The van der Waals surface area contributed by atoms with Crippen molar-refractivity contribution in [2.45, 2.75) is 20.4 Å². The SMILES string of the molecule is Cc1ccc(CNC(=O)C(=O)N/N=C\c2cccc(OCC(=O)Nc3cccc(C)c3)c2)cc1. The number of hydrogen-bond acceptors (Lipinski definition) is 5. The standard InChI is InChI=1S/C26H26N4O4/c1-18-9-11-20(12-10-18)15-27-25(32)26(33)30-28-16-21-6-4-8-23(14-21)34-17-24(31)29-22-7-3-5-19(2)13-22/h3-14,16H,15,17H2,1-2H3,(H,27,32)(H,29,31)(H,30,33)/b28-16-. The van der Waals surface area contributed by atoms with E-state index in [1.807, 2.05) is 56.3 Å². The molecular formula is C26H26N4O4. The lowest BCUT2D eigenvalue weighted by Gasteiger charge is -2.08. The molecule has 0 saturated heterocycles. The molecule has 174 valence electrons. The number of ether oxygens (including phenoxy) is 1. The van der Waals surface area contributed by atoms with Gasteiger partial charge < -0.3 is 15.4 Å². The summed E-state index contributed by atoms with van der Waals surface area (Å²) in [4.78, 5) is 35.9. The smallest absolute Gasteiger partial charge is 0.329 e. The highest BCUT2D eigenvalue weighted by atomic mass is 16.5. The number of carbonyl (C=O) groups excluding carboxylic acids is 3. The van der Waals surface area contributed by atoms with E-state index in [4.69, 9.17) is 4.74 Å². The summed E-state index contributed by atoms with van der Waals surface area (Å²) in [7, 11) is 0. The summed E-state index contributed by atoms with van der Waals surface area (Å²) in [5, 5.41) is 9.12. The van der Waals surface area contributed by atoms with Crippen molar-refractivity contribution in [1.82, 2.24) is 10.7 Å². The van der Waals surface area contributed by atoms with Crippen LogP contribution in [0, 0.1) is 13.8 Å². The van der Waals surface area contributed by atoms with Crippen molar-refractivity contribution in [3.63, 3.8) is 0 Å². The average molecular weight is 459 g/mol. The first-order valence-electron chi connectivity index (χ1n) is 10.7. The maximum Gasteiger partial charge on any atom is 0.329 e. The molecule has 0 spiro atoms. The Balaban J connectivity index is 1.44. The van der Waals surface area contributed by atoms with Gasteiger partial charge in [0.2, 0.25) is 0 Å². The first-order chi connectivity index (χ1) is 16.4. The Morgan fingerprint density at radius 2 is 1.65 bits per heavy atom. The molecule has 0 aliphatic rings. The molecule has 0 aliphatic heterocycles. The molecule has 0 atom stereocenters. The Bertz CT molecular complexity index is 1190. The van der Waals surface area contributed by atoms with Crippen LogP contribution in [-0.4, -0.2) is 30.5 Å². The quantitative estimate of drug-likeness (QED) is 0.274. The van der Waals surface area contributed by atoms with Gasteiger partial charge in [0, 0.05) is 12.2 Å². The highest BCUT2D eigenvalue weighted by Gasteiger charge is 2.12. The highest BCUT2D eigenvalue weighted by molar-refractivity contribution is 6.35. The summed E-state index contributed by atoms with van der Waals surface area (Å²) in [5.74, 6) is -1.47. The second-order valence-electron chi connectivity index (χ2n) is 7.65. The number of anilines is 1. The van der Waals surface area contributed by atoms with Crippen LogP contribution in [0.1, 0.15) is 22.3 Å². The zero-order valence-electron chi connectivity index (χ0n) is 19.0. The van der Waals surface area contributed by atoms with E-state index in [2.05, 4.69) is 21.2 Å². The fraction of sp³-hybridized carbons (Fsp3) is 0.154. The third kappa shape index (κ3) is 7.90. The van der Waals surface area contributed by atoms with Gasteiger partial charge in [-0.15, -0.1) is 0 Å². The van der Waals surface area contributed by atoms with Gasteiger partial charge in [-0.3, -0.25) is 14.4 Å². The minimum atomic E-state index is -0.872. The minimum absolute atomic E-state index is 0.160. The molecule has 8 heteroatoms. The van der Waals surface area contributed by atoms with Crippen molar-refractivity contribution >= 4 is 29.6 Å². The molecular weight excluding hydrogens is 432 g/mol. The van der Waals surface area contributed by atoms with Crippen LogP contribution in [0.25, 0.3) is 0 Å². The number of carbonyl (C=O) groups is 3. The van der Waals surface area contributed by atoms with Crippen molar-refractivity contribution < 1.29 is 19.1 Å². The third-order valence-electron chi connectivity index (χ3n) is 4.69. The van der Waals surface area contributed by atoms with E-state index >= 15 is 0 Å². The minimum Gasteiger partial charge on any atom is -0.484 e. The van der Waals surface area contributed by atoms with Crippen molar-refractivity contribution in [3.8, 4) is 5.75 Å². The van der Waals surface area contributed by atoms with E-state index in [0.29, 0.717) is 17.0 Å². The zero-order valence-corrected chi connectivity index (χ0v) is 19.0. The summed E-state index contributed by atoms with van der Waals surface area (Å²) in [6, 6.07) is 21.9. The van der Waals surface area contributed by atoms with Gasteiger partial charge in [0.25, 0.3) is 5.91 Å². The molecule has 3 aromatic carbocycles. The monoisotopic (exact) mass is 458 g/mol. The lowest BCUT2D eigenvalue weighted by molar-refractivity contribution is -0.139. The van der Waals surface area contributed by atoms with Crippen molar-refractivity contribution in [3.05, 3.63) is 95.1 Å². The molecule has 0 unspecified atom stereocenters. The molecule has 0 aromatic heterocycles. The van der Waals surface area contributed by atoms with Gasteiger partial charge in [-0.05, 0) is 54.8 Å². The zero-order chi connectivity index (χ0) is 24.3. The summed E-state index contributed by atoms with van der Waals surface area (Å²) in [5.41, 5.74) is 6.56. The van der Waals surface area contributed by atoms with E-state index in [9.17, 15) is 14.4 Å². The molecule has 0 radical (unpaired) electrons. The number of amides is 3. The van der Waals surface area contributed by atoms with Crippen LogP contribution in [-0.2, 0) is 20.9 Å². The first kappa shape index (κ1) is 24.2. The van der Waals surface area contributed by atoms with Crippen molar-refractivity contribution in [2.75, 3.05) is 11.9 Å². The fourth-order valence-electron chi connectivity index (χ4n) is 2.94. The fourth-order valence-corrected chi connectivity index (χ4v) is 2.94. The van der Waals surface area contributed by atoms with Gasteiger partial charge in [-0.1, -0.05) is 54.1 Å². The summed E-state index contributed by atoms with van der Waals surface area (Å²) in [6.45, 7) is 4.00. The predicted molar refractivity (Wildman–Crippen MR) is 131 cm³/mol. The van der Waals surface area contributed by atoms with Crippen LogP contribution >= 0.6 is 0 Å². The molecule has 34 heavy (non-hydrogen) atoms. The van der Waals surface area contributed by atoms with Crippen LogP contribution < -0.4 is 20.8 Å². The Morgan fingerprint density at radius 3 is 2.41 bits per heavy atom. The average Bonchev–Trinajstić information content (AvgIpc) is 2.82. The van der Waals surface area contributed by atoms with Crippen molar-refractivity contribution in [1.29, 1.82) is 0 Å². The molecule has 0 heterocycles. The van der Waals surface area contributed by atoms with E-state index < -0.39 is 11.8 Å². The number of rotatable bonds is 8. The molecule has 0 saturated carbocycles. The molecule has 0 fully saturated rings. The van der Waals surface area contributed by atoms with E-state index in [0.717, 1.165) is 16.7 Å². The molecule has 8 nitrogen and oxygen atoms in total. The largest absolute Gasteiger partial charge is 0.484 e. The topological polar surface area (TPSA) is 109 Å². The van der Waals surface area contributed by atoms with Gasteiger partial charge in [-0.25, -0.2) is 5.43 Å². The van der Waals surface area contributed by atoms with Gasteiger partial charge in [0.1, 0.15) is 5.75 Å². The normalized spacial score (nSPS) is 10.5. The first-order valence-corrected chi connectivity index (χ1v) is 10.7. The number of nitrogens with zero attached hydrogens (tertiary/aromatic N) is 1. The van der Waals surface area contributed by atoms with E-state index in [-0.39, 0.29) is 19.1 Å². The Morgan fingerprint density at radius 1 is 0.882 bits per heavy atom. The molecule has 3 amide bonds. The summed E-state index contributed by atoms with van der Waals surface area (Å²) >= 11 is 0. The van der Waals surface area contributed by atoms with Gasteiger partial charge in [-0.2, -0.15) is 5.10 Å². The number of aryl methyl sites for hydroxylation is 2. The summed E-state index contributed by atoms with van der Waals surface area (Å²) in [6.07, 6.45) is 1.38. The maximum atomic E-state index is 12.1. The van der Waals surface area contributed by atoms with Crippen LogP contribution in [0.4, 0.5) is 5.69 Å². The molecule has 0 bridgehead atoms. The molecule has 3 rings (SSSR count). The lowest BCUT2D eigenvalue weighted by atomic mass is 10.1. The highest BCUT2D eigenvalue weighted by Crippen LogP contribution is 2.13. The van der Waals surface area contributed by atoms with E-state index in [1.165, 1.54) is 6.21 Å². The van der Waals surface area contributed by atoms with Crippen LogP contribution in [0.5, 0.6) is 5.75 Å². The number of nitrogens with one attached hydrogen (secondary N) is 3. The number of hydrogen-bond donors (Lipinski definition) is 3. The second-order valence-corrected chi connectivity index (χ2v) is 7.65. The number of benzene rings is 3. The number of hydrazone groups is 1. The summed E-state index contributed by atoms with van der Waals surface area (Å²) < 4.78 is 5.53. The van der Waals surface area contributed by atoms with Crippen LogP contribution in [0.2, 0.25) is 0 Å². The van der Waals surface area contributed by atoms with Crippen molar-refractivity contribution in [2.24, 2.45) is 5.10 Å². The lowest BCUT2D eigenvalue weighted by Crippen LogP contribution is -2.37. The maximum absolute atomic E-state index is 12.1. The second kappa shape index (κ2) is 12.0. The van der Waals surface area contributed by atoms with Crippen LogP contribution in [0.15, 0.2) is 77.9 Å². The predicted octanol–water partition coefficient (Wildman–Crippen LogP) is 3.09.